The SMILES string of the molecule is NC(=O)c1ccc(Cl)cc1NCC1CCC(C(=O)O)CC1. The third-order valence-electron chi connectivity index (χ3n) is 4.02. The van der Waals surface area contributed by atoms with Crippen molar-refractivity contribution in [3.63, 3.8) is 0 Å². The molecule has 0 aromatic heterocycles. The number of nitrogens with one attached hydrogen (secondary N) is 1. The molecule has 0 aliphatic heterocycles. The van der Waals surface area contributed by atoms with Crippen molar-refractivity contribution in [2.24, 2.45) is 17.6 Å². The standard InChI is InChI=1S/C15H19ClN2O3/c16-11-5-6-12(14(17)19)13(7-11)18-8-9-1-3-10(4-2-9)15(20)21/h5-7,9-10,18H,1-4,8H2,(H2,17,19)(H,20,21). The van der Waals surface area contributed by atoms with Gasteiger partial charge in [-0.15, -0.1) is 0 Å². The Labute approximate surface area is 128 Å². The molecule has 1 fully saturated rings. The smallest absolute Gasteiger partial charge is 0.306 e. The lowest BCUT2D eigenvalue weighted by Crippen LogP contribution is -2.25. The van der Waals surface area contributed by atoms with E-state index in [1.807, 2.05) is 0 Å². The van der Waals surface area contributed by atoms with E-state index >= 15 is 0 Å². The number of carboxylic acid groups (broad SMARTS) is 1. The summed E-state index contributed by atoms with van der Waals surface area (Å²) < 4.78 is 0. The molecule has 4 N–H and O–H groups in total. The van der Waals surface area contributed by atoms with Crippen molar-refractivity contribution in [2.45, 2.75) is 25.7 Å². The zero-order valence-electron chi connectivity index (χ0n) is 11.6. The van der Waals surface area contributed by atoms with Crippen LogP contribution in [0.3, 0.4) is 0 Å². The minimum atomic E-state index is -0.702. The molecule has 0 atom stereocenters. The molecule has 0 spiro atoms. The van der Waals surface area contributed by atoms with Gasteiger partial charge in [0.1, 0.15) is 0 Å². The molecular weight excluding hydrogens is 292 g/mol. The first-order valence-electron chi connectivity index (χ1n) is 7.03. The molecule has 1 amide bonds. The number of carbonyl (C=O) groups is 2. The normalized spacial score (nSPS) is 21.8. The Morgan fingerprint density at radius 3 is 2.52 bits per heavy atom. The summed E-state index contributed by atoms with van der Waals surface area (Å²) in [4.78, 5) is 22.3. The van der Waals surface area contributed by atoms with Gasteiger partial charge in [-0.25, -0.2) is 0 Å². The van der Waals surface area contributed by atoms with E-state index in [1.165, 1.54) is 0 Å². The quantitative estimate of drug-likeness (QED) is 0.779. The van der Waals surface area contributed by atoms with Crippen LogP contribution in [0.25, 0.3) is 0 Å². The van der Waals surface area contributed by atoms with E-state index in [-0.39, 0.29) is 5.92 Å². The number of benzene rings is 1. The number of halogens is 1. The Hall–Kier alpha value is -1.75. The number of nitrogens with two attached hydrogens (primary N) is 1. The monoisotopic (exact) mass is 310 g/mol. The Kier molecular flexibility index (Phi) is 5.07. The maximum absolute atomic E-state index is 11.4. The van der Waals surface area contributed by atoms with Crippen LogP contribution in [0, 0.1) is 11.8 Å². The lowest BCUT2D eigenvalue weighted by molar-refractivity contribution is -0.143. The topological polar surface area (TPSA) is 92.4 Å². The first-order chi connectivity index (χ1) is 9.97. The minimum Gasteiger partial charge on any atom is -0.481 e. The predicted molar refractivity (Wildman–Crippen MR) is 81.5 cm³/mol. The Balaban J connectivity index is 1.93. The van der Waals surface area contributed by atoms with E-state index in [0.717, 1.165) is 12.8 Å². The second-order valence-corrected chi connectivity index (χ2v) is 5.93. The summed E-state index contributed by atoms with van der Waals surface area (Å²) in [5.74, 6) is -1.01. The van der Waals surface area contributed by atoms with Crippen LogP contribution < -0.4 is 11.1 Å². The number of anilines is 1. The highest BCUT2D eigenvalue weighted by Crippen LogP contribution is 2.30. The van der Waals surface area contributed by atoms with Crippen LogP contribution in [-0.2, 0) is 4.79 Å². The van der Waals surface area contributed by atoms with Crippen molar-refractivity contribution >= 4 is 29.2 Å². The van der Waals surface area contributed by atoms with E-state index in [9.17, 15) is 9.59 Å². The third kappa shape index (κ3) is 4.11. The molecule has 1 aliphatic rings. The van der Waals surface area contributed by atoms with Crippen molar-refractivity contribution < 1.29 is 14.7 Å². The summed E-state index contributed by atoms with van der Waals surface area (Å²) in [5, 5.41) is 12.7. The van der Waals surface area contributed by atoms with Gasteiger partial charge in [-0.3, -0.25) is 9.59 Å². The lowest BCUT2D eigenvalue weighted by Gasteiger charge is -2.26. The maximum Gasteiger partial charge on any atom is 0.306 e. The summed E-state index contributed by atoms with van der Waals surface area (Å²) in [6.45, 7) is 0.687. The van der Waals surface area contributed by atoms with Crippen molar-refractivity contribution in [2.75, 3.05) is 11.9 Å². The fourth-order valence-electron chi connectivity index (χ4n) is 2.75. The number of hydrogen-bond donors (Lipinski definition) is 3. The average Bonchev–Trinajstić information content (AvgIpc) is 2.45. The summed E-state index contributed by atoms with van der Waals surface area (Å²) in [6, 6.07) is 4.92. The van der Waals surface area contributed by atoms with Crippen LogP contribution in [0.5, 0.6) is 0 Å². The van der Waals surface area contributed by atoms with Gasteiger partial charge in [-0.2, -0.15) is 0 Å². The second-order valence-electron chi connectivity index (χ2n) is 5.49. The van der Waals surface area contributed by atoms with Crippen molar-refractivity contribution in [3.05, 3.63) is 28.8 Å². The molecule has 2 rings (SSSR count). The summed E-state index contributed by atoms with van der Waals surface area (Å²) in [5.41, 5.74) is 6.39. The highest BCUT2D eigenvalue weighted by molar-refractivity contribution is 6.31. The van der Waals surface area contributed by atoms with Crippen LogP contribution >= 0.6 is 11.6 Å². The maximum atomic E-state index is 11.4. The third-order valence-corrected chi connectivity index (χ3v) is 4.26. The highest BCUT2D eigenvalue weighted by atomic mass is 35.5. The summed E-state index contributed by atoms with van der Waals surface area (Å²) in [7, 11) is 0. The number of hydrogen-bond acceptors (Lipinski definition) is 3. The number of aliphatic carboxylic acids is 1. The van der Waals surface area contributed by atoms with E-state index in [4.69, 9.17) is 22.4 Å². The van der Waals surface area contributed by atoms with E-state index in [1.54, 1.807) is 18.2 Å². The molecule has 1 saturated carbocycles. The number of rotatable bonds is 5. The van der Waals surface area contributed by atoms with E-state index in [0.29, 0.717) is 41.6 Å². The molecule has 0 heterocycles. The van der Waals surface area contributed by atoms with Gasteiger partial charge in [0.2, 0.25) is 0 Å². The molecule has 0 radical (unpaired) electrons. The van der Waals surface area contributed by atoms with Crippen molar-refractivity contribution in [1.82, 2.24) is 0 Å². The number of carboxylic acids is 1. The van der Waals surface area contributed by atoms with Gasteiger partial charge >= 0.3 is 5.97 Å². The lowest BCUT2D eigenvalue weighted by atomic mass is 9.82. The average molecular weight is 311 g/mol. The molecule has 5 nitrogen and oxygen atoms in total. The Morgan fingerprint density at radius 1 is 1.29 bits per heavy atom. The van der Waals surface area contributed by atoms with Gasteiger partial charge in [0.25, 0.3) is 5.91 Å². The Bertz CT molecular complexity index is 540. The van der Waals surface area contributed by atoms with Crippen LogP contribution in [-0.4, -0.2) is 23.5 Å². The highest BCUT2D eigenvalue weighted by Gasteiger charge is 2.25. The number of primary amides is 1. The zero-order valence-corrected chi connectivity index (χ0v) is 12.4. The minimum absolute atomic E-state index is 0.214. The van der Waals surface area contributed by atoms with Gasteiger partial charge < -0.3 is 16.2 Å². The fraction of sp³-hybridized carbons (Fsp3) is 0.467. The van der Waals surface area contributed by atoms with Gasteiger partial charge in [0.05, 0.1) is 11.5 Å². The fourth-order valence-corrected chi connectivity index (χ4v) is 2.92. The molecule has 21 heavy (non-hydrogen) atoms. The molecule has 1 aromatic carbocycles. The number of amides is 1. The first kappa shape index (κ1) is 15.6. The second kappa shape index (κ2) is 6.80. The van der Waals surface area contributed by atoms with Crippen molar-refractivity contribution in [1.29, 1.82) is 0 Å². The zero-order chi connectivity index (χ0) is 15.4. The molecule has 1 aromatic rings. The molecule has 0 saturated heterocycles. The predicted octanol–water partition coefficient (Wildman–Crippen LogP) is 2.74. The van der Waals surface area contributed by atoms with Gasteiger partial charge in [-0.05, 0) is 49.8 Å². The first-order valence-corrected chi connectivity index (χ1v) is 7.41. The van der Waals surface area contributed by atoms with E-state index < -0.39 is 11.9 Å². The number of carbonyl (C=O) groups excluding carboxylic acids is 1. The van der Waals surface area contributed by atoms with Gasteiger partial charge in [-0.1, -0.05) is 11.6 Å². The van der Waals surface area contributed by atoms with Crippen LogP contribution in [0.4, 0.5) is 5.69 Å². The Morgan fingerprint density at radius 2 is 1.95 bits per heavy atom. The molecule has 0 unspecified atom stereocenters. The summed E-state index contributed by atoms with van der Waals surface area (Å²) >= 11 is 5.94. The van der Waals surface area contributed by atoms with E-state index in [2.05, 4.69) is 5.32 Å². The molecule has 6 heteroatoms. The van der Waals surface area contributed by atoms with Gasteiger partial charge in [0, 0.05) is 17.3 Å². The molecular formula is C15H19ClN2O3. The van der Waals surface area contributed by atoms with Crippen molar-refractivity contribution in [3.8, 4) is 0 Å². The molecule has 114 valence electrons. The van der Waals surface area contributed by atoms with Gasteiger partial charge in [0.15, 0.2) is 0 Å². The largest absolute Gasteiger partial charge is 0.481 e. The van der Waals surface area contributed by atoms with Crippen LogP contribution in [0.1, 0.15) is 36.0 Å². The van der Waals surface area contributed by atoms with Crippen LogP contribution in [0.2, 0.25) is 5.02 Å². The van der Waals surface area contributed by atoms with Crippen LogP contribution in [0.15, 0.2) is 18.2 Å². The molecule has 0 bridgehead atoms. The summed E-state index contributed by atoms with van der Waals surface area (Å²) in [6.07, 6.45) is 3.16. The molecule has 1 aliphatic carbocycles.